The number of hydrogen-bond donors (Lipinski definition) is 2. The molecule has 138 valence electrons. The van der Waals surface area contributed by atoms with Crippen LogP contribution in [0.3, 0.4) is 0 Å². The van der Waals surface area contributed by atoms with Gasteiger partial charge in [-0.15, -0.1) is 0 Å². The van der Waals surface area contributed by atoms with Crippen molar-refractivity contribution >= 4 is 17.6 Å². The summed E-state index contributed by atoms with van der Waals surface area (Å²) in [5.41, 5.74) is 0.958. The first-order valence-corrected chi connectivity index (χ1v) is 9.34. The van der Waals surface area contributed by atoms with Crippen molar-refractivity contribution in [2.24, 2.45) is 5.41 Å². The van der Waals surface area contributed by atoms with Crippen molar-refractivity contribution in [2.45, 2.75) is 25.8 Å². The average Bonchev–Trinajstić information content (AvgIpc) is 3.30. The Hall–Kier alpha value is -2.12. The zero-order valence-corrected chi connectivity index (χ0v) is 15.3. The second kappa shape index (κ2) is 7.25. The van der Waals surface area contributed by atoms with Crippen LogP contribution in [-0.2, 0) is 6.54 Å². The summed E-state index contributed by atoms with van der Waals surface area (Å²) in [4.78, 5) is 18.8. The van der Waals surface area contributed by atoms with Crippen molar-refractivity contribution in [1.29, 1.82) is 0 Å². The number of piperidine rings is 1. The van der Waals surface area contributed by atoms with Crippen molar-refractivity contribution in [3.63, 3.8) is 0 Å². The Morgan fingerprint density at radius 1 is 1.38 bits per heavy atom. The number of hydrogen-bond acceptors (Lipinski definition) is 5. The van der Waals surface area contributed by atoms with E-state index in [1.807, 2.05) is 23.1 Å². The van der Waals surface area contributed by atoms with Crippen molar-refractivity contribution in [3.05, 3.63) is 35.2 Å². The molecule has 2 aliphatic heterocycles. The van der Waals surface area contributed by atoms with E-state index >= 15 is 0 Å². The van der Waals surface area contributed by atoms with Crippen LogP contribution in [0.2, 0.25) is 5.02 Å². The fourth-order valence-corrected chi connectivity index (χ4v) is 4.09. The fraction of sp³-hybridized carbons (Fsp3) is 0.500. The first-order chi connectivity index (χ1) is 12.7. The molecule has 7 nitrogen and oxygen atoms in total. The normalized spacial score (nSPS) is 22.7. The van der Waals surface area contributed by atoms with Gasteiger partial charge in [0.15, 0.2) is 0 Å². The third kappa shape index (κ3) is 3.54. The zero-order valence-electron chi connectivity index (χ0n) is 14.5. The van der Waals surface area contributed by atoms with Gasteiger partial charge in [0.2, 0.25) is 11.7 Å². The van der Waals surface area contributed by atoms with Gasteiger partial charge >= 0.3 is 6.03 Å². The van der Waals surface area contributed by atoms with Crippen LogP contribution >= 0.6 is 11.6 Å². The molecular formula is C18H22ClN5O2. The molecule has 2 amide bonds. The molecule has 2 aromatic rings. The average molecular weight is 376 g/mol. The van der Waals surface area contributed by atoms with E-state index in [0.29, 0.717) is 22.3 Å². The van der Waals surface area contributed by atoms with Crippen LogP contribution in [0, 0.1) is 5.41 Å². The Morgan fingerprint density at radius 3 is 3.08 bits per heavy atom. The maximum Gasteiger partial charge on any atom is 0.317 e. The van der Waals surface area contributed by atoms with Gasteiger partial charge in [0.05, 0.1) is 11.6 Å². The van der Waals surface area contributed by atoms with Gasteiger partial charge in [-0.3, -0.25) is 0 Å². The highest BCUT2D eigenvalue weighted by Crippen LogP contribution is 2.35. The summed E-state index contributed by atoms with van der Waals surface area (Å²) in [6, 6.07) is 7.24. The quantitative estimate of drug-likeness (QED) is 0.861. The van der Waals surface area contributed by atoms with E-state index in [9.17, 15) is 4.79 Å². The topological polar surface area (TPSA) is 83.3 Å². The minimum absolute atomic E-state index is 0.0755. The molecule has 0 radical (unpaired) electrons. The molecule has 8 heteroatoms. The minimum Gasteiger partial charge on any atom is -0.337 e. The van der Waals surface area contributed by atoms with Crippen LogP contribution in [-0.4, -0.2) is 47.3 Å². The molecule has 2 saturated heterocycles. The second-order valence-corrected chi connectivity index (χ2v) is 7.51. The number of carbonyl (C=O) groups excluding carboxylic acids is 1. The monoisotopic (exact) mass is 375 g/mol. The maximum atomic E-state index is 12.5. The molecule has 4 rings (SSSR count). The molecule has 2 fully saturated rings. The van der Waals surface area contributed by atoms with Crippen molar-refractivity contribution in [1.82, 2.24) is 25.7 Å². The smallest absolute Gasteiger partial charge is 0.317 e. The molecular weight excluding hydrogens is 354 g/mol. The highest BCUT2D eigenvalue weighted by molar-refractivity contribution is 6.33. The molecule has 0 bridgehead atoms. The number of carbonyl (C=O) groups is 1. The molecule has 0 aliphatic carbocycles. The molecule has 26 heavy (non-hydrogen) atoms. The van der Waals surface area contributed by atoms with Crippen LogP contribution in [0.15, 0.2) is 28.8 Å². The lowest BCUT2D eigenvalue weighted by Crippen LogP contribution is -2.50. The Kier molecular flexibility index (Phi) is 4.82. The van der Waals surface area contributed by atoms with E-state index in [1.165, 1.54) is 6.42 Å². The number of likely N-dealkylation sites (tertiary alicyclic amines) is 1. The number of nitrogens with one attached hydrogen (secondary N) is 2. The number of aromatic nitrogens is 2. The second-order valence-electron chi connectivity index (χ2n) is 7.10. The van der Waals surface area contributed by atoms with Crippen molar-refractivity contribution < 1.29 is 9.32 Å². The standard InChI is InChI=1S/C18H22ClN5O2/c19-14-5-2-1-4-13(14)16-22-15(26-23-16)10-21-17(25)24-9-3-6-18(12-24)7-8-20-11-18/h1-2,4-5,20H,3,6-12H2,(H,21,25). The van der Waals surface area contributed by atoms with Gasteiger partial charge in [0.1, 0.15) is 0 Å². The van der Waals surface area contributed by atoms with E-state index in [2.05, 4.69) is 20.8 Å². The lowest BCUT2D eigenvalue weighted by molar-refractivity contribution is 0.117. The van der Waals surface area contributed by atoms with Crippen LogP contribution in [0.4, 0.5) is 4.79 Å². The maximum absolute atomic E-state index is 12.5. The Morgan fingerprint density at radius 2 is 2.27 bits per heavy atom. The van der Waals surface area contributed by atoms with Crippen LogP contribution < -0.4 is 10.6 Å². The van der Waals surface area contributed by atoms with Gasteiger partial charge in [-0.2, -0.15) is 4.98 Å². The summed E-state index contributed by atoms with van der Waals surface area (Å²) in [5, 5.41) is 10.8. The Bertz CT molecular complexity index is 787. The lowest BCUT2D eigenvalue weighted by atomic mass is 9.79. The number of nitrogens with zero attached hydrogens (tertiary/aromatic N) is 3. The number of rotatable bonds is 3. The number of halogens is 1. The summed E-state index contributed by atoms with van der Waals surface area (Å²) < 4.78 is 5.24. The van der Waals surface area contributed by atoms with E-state index in [-0.39, 0.29) is 18.0 Å². The third-order valence-corrected chi connectivity index (χ3v) is 5.58. The van der Waals surface area contributed by atoms with Crippen LogP contribution in [0.1, 0.15) is 25.2 Å². The molecule has 1 atom stereocenters. The zero-order chi connectivity index (χ0) is 18.0. The number of amides is 2. The summed E-state index contributed by atoms with van der Waals surface area (Å²) in [6.45, 7) is 3.85. The first-order valence-electron chi connectivity index (χ1n) is 8.96. The first kappa shape index (κ1) is 17.3. The van der Waals surface area contributed by atoms with Crippen LogP contribution in [0.25, 0.3) is 11.4 Å². The molecule has 2 N–H and O–H groups in total. The molecule has 1 spiro atoms. The summed E-state index contributed by atoms with van der Waals surface area (Å²) in [5.74, 6) is 0.788. The lowest BCUT2D eigenvalue weighted by Gasteiger charge is -2.39. The molecule has 1 aromatic carbocycles. The largest absolute Gasteiger partial charge is 0.337 e. The van der Waals surface area contributed by atoms with E-state index in [1.54, 1.807) is 6.07 Å². The minimum atomic E-state index is -0.0755. The van der Waals surface area contributed by atoms with Gasteiger partial charge in [-0.1, -0.05) is 28.9 Å². The molecule has 1 unspecified atom stereocenters. The molecule has 1 aromatic heterocycles. The van der Waals surface area contributed by atoms with Crippen molar-refractivity contribution in [2.75, 3.05) is 26.2 Å². The Labute approximate surface area is 157 Å². The molecule has 3 heterocycles. The molecule has 0 saturated carbocycles. The predicted molar refractivity (Wildman–Crippen MR) is 97.7 cm³/mol. The summed E-state index contributed by atoms with van der Waals surface area (Å²) in [6.07, 6.45) is 3.38. The van der Waals surface area contributed by atoms with Gasteiger partial charge in [0, 0.05) is 30.6 Å². The van der Waals surface area contributed by atoms with E-state index < -0.39 is 0 Å². The summed E-state index contributed by atoms with van der Waals surface area (Å²) in [7, 11) is 0. The predicted octanol–water partition coefficient (Wildman–Crippen LogP) is 2.68. The van der Waals surface area contributed by atoms with Gasteiger partial charge in [0.25, 0.3) is 0 Å². The number of urea groups is 1. The van der Waals surface area contributed by atoms with Crippen LogP contribution in [0.5, 0.6) is 0 Å². The van der Waals surface area contributed by atoms with E-state index in [0.717, 1.165) is 39.0 Å². The highest BCUT2D eigenvalue weighted by atomic mass is 35.5. The third-order valence-electron chi connectivity index (χ3n) is 5.25. The van der Waals surface area contributed by atoms with Gasteiger partial charge < -0.3 is 20.1 Å². The fourth-order valence-electron chi connectivity index (χ4n) is 3.87. The van der Waals surface area contributed by atoms with Gasteiger partial charge in [-0.25, -0.2) is 4.79 Å². The van der Waals surface area contributed by atoms with Gasteiger partial charge in [-0.05, 0) is 37.9 Å². The van der Waals surface area contributed by atoms with Crippen molar-refractivity contribution in [3.8, 4) is 11.4 Å². The number of benzene rings is 1. The summed E-state index contributed by atoms with van der Waals surface area (Å²) >= 11 is 6.15. The SMILES string of the molecule is O=C(NCc1nc(-c2ccccc2Cl)no1)N1CCCC2(CCNC2)C1. The highest BCUT2D eigenvalue weighted by Gasteiger charge is 2.39. The molecule has 2 aliphatic rings. The Balaban J connectivity index is 1.35. The van der Waals surface area contributed by atoms with E-state index in [4.69, 9.17) is 16.1 Å².